The second-order valence-electron chi connectivity index (χ2n) is 5.57. The van der Waals surface area contributed by atoms with Crippen LogP contribution in [0.4, 0.5) is 0 Å². The van der Waals surface area contributed by atoms with Crippen molar-refractivity contribution >= 4 is 28.5 Å². The van der Waals surface area contributed by atoms with Crippen molar-refractivity contribution in [3.05, 3.63) is 93.3 Å². The van der Waals surface area contributed by atoms with Gasteiger partial charge in [-0.25, -0.2) is 19.9 Å². The lowest BCUT2D eigenvalue weighted by Crippen LogP contribution is -2.23. The van der Waals surface area contributed by atoms with Gasteiger partial charge in [0.05, 0.1) is 23.2 Å². The molecule has 7 heteroatoms. The number of hydrogen-bond acceptors (Lipinski definition) is 7. The van der Waals surface area contributed by atoms with Crippen LogP contribution in [0.2, 0.25) is 0 Å². The van der Waals surface area contributed by atoms with Gasteiger partial charge in [0.25, 0.3) is 0 Å². The maximum absolute atomic E-state index is 13.7. The summed E-state index contributed by atoms with van der Waals surface area (Å²) >= 11 is 3.11. The topological polar surface area (TPSA) is 68.6 Å². The highest BCUT2D eigenvalue weighted by Gasteiger charge is 2.34. The van der Waals surface area contributed by atoms with E-state index in [4.69, 9.17) is 0 Å². The summed E-state index contributed by atoms with van der Waals surface area (Å²) in [6.45, 7) is 0. The van der Waals surface area contributed by atoms with Gasteiger partial charge in [0.15, 0.2) is 5.78 Å². The first-order valence-corrected chi connectivity index (χ1v) is 9.73. The van der Waals surface area contributed by atoms with Crippen molar-refractivity contribution in [3.8, 4) is 0 Å². The van der Waals surface area contributed by atoms with Crippen LogP contribution in [0.25, 0.3) is 0 Å². The van der Waals surface area contributed by atoms with Gasteiger partial charge < -0.3 is 0 Å². The van der Waals surface area contributed by atoms with Crippen molar-refractivity contribution in [1.29, 1.82) is 0 Å². The van der Waals surface area contributed by atoms with Crippen molar-refractivity contribution in [2.45, 2.75) is 11.8 Å². The molecule has 0 N–H and O–H groups in total. The van der Waals surface area contributed by atoms with Crippen LogP contribution < -0.4 is 0 Å². The molecule has 0 amide bonds. The molecule has 0 bridgehead atoms. The second kappa shape index (κ2) is 7.63. The zero-order valence-corrected chi connectivity index (χ0v) is 15.2. The fourth-order valence-electron chi connectivity index (χ4n) is 2.88. The average molecular weight is 378 g/mol. The van der Waals surface area contributed by atoms with Crippen LogP contribution in [-0.4, -0.2) is 25.7 Å². The summed E-state index contributed by atoms with van der Waals surface area (Å²) in [5.41, 5.74) is 1.39. The van der Waals surface area contributed by atoms with Crippen molar-refractivity contribution < 1.29 is 4.79 Å². The van der Waals surface area contributed by atoms with Crippen LogP contribution in [0, 0.1) is 0 Å². The molecule has 0 spiro atoms. The van der Waals surface area contributed by atoms with Gasteiger partial charge in [-0.05, 0) is 35.0 Å². The minimum atomic E-state index is -0.458. The van der Waals surface area contributed by atoms with E-state index in [1.54, 1.807) is 47.2 Å². The number of rotatable bonds is 6. The fraction of sp³-hybridized carbons (Fsp3) is 0.105. The van der Waals surface area contributed by atoms with Crippen LogP contribution in [0.3, 0.4) is 0 Å². The van der Waals surface area contributed by atoms with Crippen LogP contribution in [-0.2, 0) is 4.79 Å². The van der Waals surface area contributed by atoms with Gasteiger partial charge >= 0.3 is 0 Å². The van der Waals surface area contributed by atoms with E-state index in [-0.39, 0.29) is 5.78 Å². The molecule has 5 nitrogen and oxygen atoms in total. The van der Waals surface area contributed by atoms with Crippen molar-refractivity contribution in [1.82, 2.24) is 19.9 Å². The van der Waals surface area contributed by atoms with Gasteiger partial charge in [-0.3, -0.25) is 4.79 Å². The largest absolute Gasteiger partial charge is 0.297 e. The molecule has 0 fully saturated rings. The lowest BCUT2D eigenvalue weighted by Gasteiger charge is -2.20. The molecule has 128 valence electrons. The molecule has 0 radical (unpaired) electrons. The molecule has 0 aliphatic heterocycles. The zero-order chi connectivity index (χ0) is 17.8. The monoisotopic (exact) mass is 378 g/mol. The Balaban J connectivity index is 1.83. The van der Waals surface area contributed by atoms with E-state index < -0.39 is 11.8 Å². The van der Waals surface area contributed by atoms with E-state index in [1.807, 2.05) is 35.0 Å². The molecule has 4 heterocycles. The molecule has 0 aliphatic rings. The Labute approximate surface area is 158 Å². The standard InChI is InChI=1S/C19H14N4OS2/c24-19(17(15-3-1-9-25-15)13-5-7-20-11-22-13)18(16-4-2-10-26-16)14-6-8-21-12-23-14/h1-12,17-18H. The fourth-order valence-corrected chi connectivity index (χ4v) is 4.57. The van der Waals surface area contributed by atoms with Gasteiger partial charge in [0, 0.05) is 22.1 Å². The smallest absolute Gasteiger partial charge is 0.161 e. The van der Waals surface area contributed by atoms with Crippen molar-refractivity contribution in [2.75, 3.05) is 0 Å². The first-order chi connectivity index (χ1) is 12.8. The van der Waals surface area contributed by atoms with E-state index in [2.05, 4.69) is 19.9 Å². The van der Waals surface area contributed by atoms with Crippen LogP contribution in [0.5, 0.6) is 0 Å². The predicted molar refractivity (Wildman–Crippen MR) is 101 cm³/mol. The minimum Gasteiger partial charge on any atom is -0.297 e. The minimum absolute atomic E-state index is 0.0484. The van der Waals surface area contributed by atoms with E-state index >= 15 is 0 Å². The van der Waals surface area contributed by atoms with E-state index in [1.165, 1.54) is 12.7 Å². The molecule has 26 heavy (non-hydrogen) atoms. The number of ketones is 1. The summed E-state index contributed by atoms with van der Waals surface area (Å²) in [5, 5.41) is 3.95. The Kier molecular flexibility index (Phi) is 4.90. The van der Waals surface area contributed by atoms with Crippen LogP contribution in [0.1, 0.15) is 33.0 Å². The number of Topliss-reactive ketones (excluding diaryl/α,β-unsaturated/α-hetero) is 1. The third-order valence-electron chi connectivity index (χ3n) is 4.03. The maximum atomic E-state index is 13.7. The normalized spacial score (nSPS) is 13.2. The molecule has 0 saturated carbocycles. The summed E-state index contributed by atoms with van der Waals surface area (Å²) in [5.74, 6) is -0.868. The summed E-state index contributed by atoms with van der Waals surface area (Å²) in [7, 11) is 0. The number of nitrogens with zero attached hydrogens (tertiary/aromatic N) is 4. The first kappa shape index (κ1) is 16.7. The molecular formula is C19H14N4OS2. The van der Waals surface area contributed by atoms with Crippen molar-refractivity contribution in [2.24, 2.45) is 0 Å². The summed E-state index contributed by atoms with van der Waals surface area (Å²) in [6, 6.07) is 11.4. The molecule has 2 unspecified atom stereocenters. The van der Waals surface area contributed by atoms with Crippen LogP contribution in [0.15, 0.2) is 72.2 Å². The van der Waals surface area contributed by atoms with Crippen LogP contribution >= 0.6 is 22.7 Å². The SMILES string of the molecule is O=C(C(c1ccncn1)c1cccs1)C(c1ccncn1)c1cccs1. The maximum Gasteiger partial charge on any atom is 0.161 e. The molecule has 4 rings (SSSR count). The number of thiophene rings is 2. The molecular weight excluding hydrogens is 364 g/mol. The molecule has 0 aliphatic carbocycles. The number of carbonyl (C=O) groups excluding carboxylic acids is 1. The molecule has 0 aromatic carbocycles. The highest BCUT2D eigenvalue weighted by molar-refractivity contribution is 7.10. The Morgan fingerprint density at radius 2 is 1.27 bits per heavy atom. The molecule has 4 aromatic heterocycles. The second-order valence-corrected chi connectivity index (χ2v) is 7.53. The third kappa shape index (κ3) is 3.31. The number of aromatic nitrogens is 4. The van der Waals surface area contributed by atoms with Gasteiger partial charge in [-0.1, -0.05) is 12.1 Å². The summed E-state index contributed by atoms with van der Waals surface area (Å²) in [6.07, 6.45) is 6.30. The summed E-state index contributed by atoms with van der Waals surface area (Å²) in [4.78, 5) is 32.3. The molecule has 0 saturated heterocycles. The molecule has 4 aromatic rings. The lowest BCUT2D eigenvalue weighted by molar-refractivity contribution is -0.120. The Morgan fingerprint density at radius 3 is 1.62 bits per heavy atom. The van der Waals surface area contributed by atoms with Gasteiger partial charge in [-0.15, -0.1) is 22.7 Å². The van der Waals surface area contributed by atoms with Crippen molar-refractivity contribution in [3.63, 3.8) is 0 Å². The lowest BCUT2D eigenvalue weighted by atomic mass is 9.86. The van der Waals surface area contributed by atoms with E-state index in [0.29, 0.717) is 11.4 Å². The van der Waals surface area contributed by atoms with E-state index in [9.17, 15) is 4.79 Å². The number of carbonyl (C=O) groups is 1. The summed E-state index contributed by atoms with van der Waals surface area (Å²) < 4.78 is 0. The third-order valence-corrected chi connectivity index (χ3v) is 5.90. The molecule has 2 atom stereocenters. The average Bonchev–Trinajstić information content (AvgIpc) is 3.39. The highest BCUT2D eigenvalue weighted by atomic mass is 32.1. The van der Waals surface area contributed by atoms with E-state index in [0.717, 1.165) is 9.75 Å². The number of hydrogen-bond donors (Lipinski definition) is 0. The quantitative estimate of drug-likeness (QED) is 0.509. The van der Waals surface area contributed by atoms with Gasteiger partial charge in [0.1, 0.15) is 12.7 Å². The Hall–Kier alpha value is -2.77. The zero-order valence-electron chi connectivity index (χ0n) is 13.6. The van der Waals surface area contributed by atoms with Gasteiger partial charge in [-0.2, -0.15) is 0 Å². The predicted octanol–water partition coefficient (Wildman–Crippen LogP) is 3.92. The Morgan fingerprint density at radius 1 is 0.769 bits per heavy atom. The Bertz CT molecular complexity index is 878. The highest BCUT2D eigenvalue weighted by Crippen LogP contribution is 2.37. The first-order valence-electron chi connectivity index (χ1n) is 7.97. The van der Waals surface area contributed by atoms with Gasteiger partial charge in [0.2, 0.25) is 0 Å².